The van der Waals surface area contributed by atoms with E-state index in [9.17, 15) is 9.59 Å². The summed E-state index contributed by atoms with van der Waals surface area (Å²) in [5.74, 6) is -0.834. The van der Waals surface area contributed by atoms with Gasteiger partial charge >= 0.3 is 5.97 Å². The predicted molar refractivity (Wildman–Crippen MR) is 116 cm³/mol. The Kier molecular flexibility index (Phi) is 6.27. The Morgan fingerprint density at radius 3 is 2.27 bits per heavy atom. The van der Waals surface area contributed by atoms with E-state index >= 15 is 0 Å². The van der Waals surface area contributed by atoms with E-state index in [1.54, 1.807) is 12.1 Å². The predicted octanol–water partition coefficient (Wildman–Crippen LogP) is 4.91. The van der Waals surface area contributed by atoms with Gasteiger partial charge < -0.3 is 9.47 Å². The summed E-state index contributed by atoms with van der Waals surface area (Å²) in [5.41, 5.74) is 3.51. The molecule has 0 aliphatic heterocycles. The number of Topliss-reactive ketones (excluding diaryl/α,β-unsaturated/α-hetero) is 1. The van der Waals surface area contributed by atoms with Crippen LogP contribution in [0.15, 0.2) is 78.9 Å². The van der Waals surface area contributed by atoms with Gasteiger partial charge in [0.05, 0.1) is 16.8 Å². The molecule has 0 bridgehead atoms. The summed E-state index contributed by atoms with van der Waals surface area (Å²) in [6.45, 7) is -0.312. The van der Waals surface area contributed by atoms with Crippen molar-refractivity contribution < 1.29 is 19.1 Å². The molecule has 4 rings (SSSR count). The summed E-state index contributed by atoms with van der Waals surface area (Å²) < 4.78 is 11.5. The van der Waals surface area contributed by atoms with Crippen molar-refractivity contribution in [1.82, 2.24) is 4.98 Å². The highest BCUT2D eigenvalue weighted by Crippen LogP contribution is 2.22. The van der Waals surface area contributed by atoms with Crippen molar-refractivity contribution in [2.75, 3.05) is 13.2 Å². The molecule has 0 spiro atoms. The van der Waals surface area contributed by atoms with Gasteiger partial charge in [-0.05, 0) is 23.3 Å². The van der Waals surface area contributed by atoms with Crippen LogP contribution < -0.4 is 0 Å². The van der Waals surface area contributed by atoms with Crippen LogP contribution >= 0.6 is 11.3 Å². The molecule has 3 aromatic carbocycles. The molecule has 0 amide bonds. The maximum atomic E-state index is 12.3. The first kappa shape index (κ1) is 19.9. The van der Waals surface area contributed by atoms with E-state index in [2.05, 4.69) is 4.98 Å². The smallest absolute Gasteiger partial charge is 0.332 e. The first-order valence-electron chi connectivity index (χ1n) is 9.45. The van der Waals surface area contributed by atoms with Gasteiger partial charge in [-0.25, -0.2) is 9.78 Å². The highest BCUT2D eigenvalue weighted by molar-refractivity contribution is 7.18. The van der Waals surface area contributed by atoms with Crippen LogP contribution in [0.1, 0.15) is 15.4 Å². The number of hydrogen-bond acceptors (Lipinski definition) is 6. The molecule has 1 heterocycles. The quantitative estimate of drug-likeness (QED) is 0.301. The van der Waals surface area contributed by atoms with Crippen LogP contribution in [0, 0.1) is 0 Å². The summed E-state index contributed by atoms with van der Waals surface area (Å²) >= 11 is 1.52. The molecule has 0 N–H and O–H groups in total. The summed E-state index contributed by atoms with van der Waals surface area (Å²) in [5, 5.41) is 0.790. The summed E-state index contributed by atoms with van der Waals surface area (Å²) in [4.78, 5) is 28.6. The lowest BCUT2D eigenvalue weighted by molar-refractivity contribution is -0.148. The Morgan fingerprint density at radius 2 is 1.50 bits per heavy atom. The minimum absolute atomic E-state index is 0.226. The zero-order valence-electron chi connectivity index (χ0n) is 16.1. The monoisotopic (exact) mass is 417 g/mol. The molecule has 150 valence electrons. The SMILES string of the molecule is O=C(COCc1nc2ccccc2s1)OCC(=O)c1ccc(-c2ccccc2)cc1. The first-order chi connectivity index (χ1) is 14.7. The molecular formula is C24H19NO4S. The van der Waals surface area contributed by atoms with Gasteiger partial charge in [0.1, 0.15) is 11.6 Å². The topological polar surface area (TPSA) is 65.5 Å². The number of benzene rings is 3. The fraction of sp³-hybridized carbons (Fsp3) is 0.125. The van der Waals surface area contributed by atoms with Gasteiger partial charge in [-0.3, -0.25) is 4.79 Å². The van der Waals surface area contributed by atoms with Crippen LogP contribution in [-0.4, -0.2) is 30.0 Å². The molecule has 30 heavy (non-hydrogen) atoms. The van der Waals surface area contributed by atoms with Crippen molar-refractivity contribution >= 4 is 33.3 Å². The van der Waals surface area contributed by atoms with Crippen LogP contribution in [0.4, 0.5) is 0 Å². The Bertz CT molecular complexity index is 1120. The standard InChI is InChI=1S/C24H19NO4S/c26-21(19-12-10-18(11-13-19)17-6-2-1-3-7-17)14-29-24(27)16-28-15-23-25-20-8-4-5-9-22(20)30-23/h1-13H,14-16H2. The number of ether oxygens (including phenoxy) is 2. The maximum Gasteiger partial charge on any atom is 0.332 e. The Hall–Kier alpha value is -3.35. The van der Waals surface area contributed by atoms with Crippen molar-refractivity contribution in [2.45, 2.75) is 6.61 Å². The van der Waals surface area contributed by atoms with Crippen molar-refractivity contribution in [3.8, 4) is 11.1 Å². The fourth-order valence-electron chi connectivity index (χ4n) is 2.95. The molecule has 0 saturated carbocycles. The number of aromatic nitrogens is 1. The zero-order valence-corrected chi connectivity index (χ0v) is 16.9. The van der Waals surface area contributed by atoms with Crippen LogP contribution in [0.3, 0.4) is 0 Å². The maximum absolute atomic E-state index is 12.3. The molecule has 0 aliphatic carbocycles. The van der Waals surface area contributed by atoms with Gasteiger partial charge in [-0.2, -0.15) is 0 Å². The second kappa shape index (κ2) is 9.43. The first-order valence-corrected chi connectivity index (χ1v) is 10.3. The normalized spacial score (nSPS) is 10.8. The molecule has 1 aromatic heterocycles. The number of carbonyl (C=O) groups is 2. The van der Waals surface area contributed by atoms with E-state index in [4.69, 9.17) is 9.47 Å². The van der Waals surface area contributed by atoms with E-state index in [1.807, 2.05) is 66.7 Å². The van der Waals surface area contributed by atoms with Crippen LogP contribution in [0.25, 0.3) is 21.3 Å². The van der Waals surface area contributed by atoms with Crippen LogP contribution in [0.2, 0.25) is 0 Å². The third-order valence-corrected chi connectivity index (χ3v) is 5.47. The molecule has 0 radical (unpaired) electrons. The van der Waals surface area contributed by atoms with E-state index < -0.39 is 5.97 Å². The Labute approximate surface area is 177 Å². The van der Waals surface area contributed by atoms with E-state index in [1.165, 1.54) is 11.3 Å². The molecular weight excluding hydrogens is 398 g/mol. The molecule has 0 unspecified atom stereocenters. The average Bonchev–Trinajstić information content (AvgIpc) is 3.21. The fourth-order valence-corrected chi connectivity index (χ4v) is 3.86. The van der Waals surface area contributed by atoms with Crippen molar-refractivity contribution in [3.05, 3.63) is 89.4 Å². The third-order valence-electron chi connectivity index (χ3n) is 4.46. The van der Waals surface area contributed by atoms with Crippen LogP contribution in [-0.2, 0) is 20.9 Å². The third kappa shape index (κ3) is 4.97. The van der Waals surface area contributed by atoms with Gasteiger partial charge in [-0.1, -0.05) is 66.7 Å². The number of fused-ring (bicyclic) bond motifs is 1. The molecule has 5 nitrogen and oxygen atoms in total. The number of carbonyl (C=O) groups excluding carboxylic acids is 2. The van der Waals surface area contributed by atoms with Gasteiger partial charge in [0.15, 0.2) is 12.4 Å². The van der Waals surface area contributed by atoms with Gasteiger partial charge in [0, 0.05) is 5.56 Å². The number of para-hydroxylation sites is 1. The molecule has 6 heteroatoms. The number of ketones is 1. The number of nitrogens with zero attached hydrogens (tertiary/aromatic N) is 1. The van der Waals surface area contributed by atoms with Crippen molar-refractivity contribution in [3.63, 3.8) is 0 Å². The summed E-state index contributed by atoms with van der Waals surface area (Å²) in [7, 11) is 0. The van der Waals surface area contributed by atoms with Crippen LogP contribution in [0.5, 0.6) is 0 Å². The molecule has 0 atom stereocenters. The minimum Gasteiger partial charge on any atom is -0.456 e. The van der Waals surface area contributed by atoms with E-state index in [0.29, 0.717) is 5.56 Å². The molecule has 0 saturated heterocycles. The lowest BCUT2D eigenvalue weighted by Gasteiger charge is -2.06. The molecule has 4 aromatic rings. The van der Waals surface area contributed by atoms with Crippen molar-refractivity contribution in [1.29, 1.82) is 0 Å². The Morgan fingerprint density at radius 1 is 0.800 bits per heavy atom. The second-order valence-corrected chi connectivity index (χ2v) is 7.71. The minimum atomic E-state index is -0.578. The Balaban J connectivity index is 1.23. The van der Waals surface area contributed by atoms with Crippen molar-refractivity contribution in [2.24, 2.45) is 0 Å². The average molecular weight is 417 g/mol. The molecule has 0 fully saturated rings. The second-order valence-electron chi connectivity index (χ2n) is 6.60. The number of thiazole rings is 1. The van der Waals surface area contributed by atoms with Gasteiger partial charge in [-0.15, -0.1) is 11.3 Å². The van der Waals surface area contributed by atoms with Gasteiger partial charge in [0.25, 0.3) is 0 Å². The number of hydrogen-bond donors (Lipinski definition) is 0. The van der Waals surface area contributed by atoms with E-state index in [-0.39, 0.29) is 25.6 Å². The lowest BCUT2D eigenvalue weighted by atomic mass is 10.0. The largest absolute Gasteiger partial charge is 0.456 e. The summed E-state index contributed by atoms with van der Waals surface area (Å²) in [6.07, 6.45) is 0. The number of rotatable bonds is 8. The molecule has 0 aliphatic rings. The highest BCUT2D eigenvalue weighted by Gasteiger charge is 2.11. The highest BCUT2D eigenvalue weighted by atomic mass is 32.1. The zero-order chi connectivity index (χ0) is 20.8. The lowest BCUT2D eigenvalue weighted by Crippen LogP contribution is -2.18. The summed E-state index contributed by atoms with van der Waals surface area (Å²) in [6, 6.07) is 24.9. The van der Waals surface area contributed by atoms with Gasteiger partial charge in [0.2, 0.25) is 0 Å². The number of esters is 1. The van der Waals surface area contributed by atoms with E-state index in [0.717, 1.165) is 26.4 Å².